The van der Waals surface area contributed by atoms with E-state index in [2.05, 4.69) is 14.9 Å². The summed E-state index contributed by atoms with van der Waals surface area (Å²) in [5.41, 5.74) is 3.21. The first-order chi connectivity index (χ1) is 10.6. The number of nitrogens with zero attached hydrogens (tertiary/aromatic N) is 3. The molecule has 0 fully saturated rings. The zero-order chi connectivity index (χ0) is 15.3. The van der Waals surface area contributed by atoms with E-state index >= 15 is 0 Å². The van der Waals surface area contributed by atoms with Crippen LogP contribution in [0.25, 0.3) is 16.9 Å². The van der Waals surface area contributed by atoms with E-state index in [1.54, 1.807) is 24.4 Å². The number of fused-ring (bicyclic) bond motifs is 3. The molecule has 2 aromatic heterocycles. The molecule has 1 aliphatic heterocycles. The van der Waals surface area contributed by atoms with Crippen molar-refractivity contribution in [2.24, 2.45) is 0 Å². The van der Waals surface area contributed by atoms with Crippen LogP contribution in [0.15, 0.2) is 35.3 Å². The number of hydrogen-bond acceptors (Lipinski definition) is 3. The molecule has 1 aliphatic rings. The van der Waals surface area contributed by atoms with Crippen molar-refractivity contribution in [1.82, 2.24) is 19.3 Å². The van der Waals surface area contributed by atoms with Crippen LogP contribution in [0.2, 0.25) is 0 Å². The Morgan fingerprint density at radius 1 is 1.32 bits per heavy atom. The maximum absolute atomic E-state index is 14.0. The summed E-state index contributed by atoms with van der Waals surface area (Å²) in [5, 5.41) is 0. The van der Waals surface area contributed by atoms with E-state index in [9.17, 15) is 9.18 Å². The minimum atomic E-state index is -0.340. The number of aromatic nitrogens is 3. The molecule has 3 heterocycles. The van der Waals surface area contributed by atoms with Gasteiger partial charge in [0, 0.05) is 42.5 Å². The van der Waals surface area contributed by atoms with Crippen LogP contribution in [0.5, 0.6) is 0 Å². The van der Waals surface area contributed by atoms with Crippen LogP contribution in [0.3, 0.4) is 0 Å². The van der Waals surface area contributed by atoms with Crippen LogP contribution < -0.4 is 5.69 Å². The lowest BCUT2D eigenvalue weighted by molar-refractivity contribution is 0.310. The van der Waals surface area contributed by atoms with Crippen molar-refractivity contribution < 1.29 is 4.39 Å². The summed E-state index contributed by atoms with van der Waals surface area (Å²) in [6, 6.07) is 6.46. The average Bonchev–Trinajstić information content (AvgIpc) is 2.94. The fraction of sp³-hybridized carbons (Fsp3) is 0.250. The molecule has 0 atom stereocenters. The number of aromatic amines is 1. The molecular weight excluding hydrogens is 283 g/mol. The molecule has 1 N–H and O–H groups in total. The molecular formula is C16H15FN4O. The Bertz CT molecular complexity index is 928. The molecule has 0 bridgehead atoms. The SMILES string of the molecule is CN1CCc2[nH]c(=O)n3cc(-c4ccccc4F)nc3c2C1. The van der Waals surface area contributed by atoms with Crippen molar-refractivity contribution in [2.45, 2.75) is 13.0 Å². The summed E-state index contributed by atoms with van der Waals surface area (Å²) in [5.74, 6) is -0.340. The van der Waals surface area contributed by atoms with Crippen LogP contribution >= 0.6 is 0 Å². The number of benzene rings is 1. The molecule has 112 valence electrons. The van der Waals surface area contributed by atoms with Gasteiger partial charge in [-0.3, -0.25) is 4.40 Å². The smallest absolute Gasteiger partial charge is 0.310 e. The monoisotopic (exact) mass is 298 g/mol. The van der Waals surface area contributed by atoms with Crippen LogP contribution in [0, 0.1) is 5.82 Å². The highest BCUT2D eigenvalue weighted by Crippen LogP contribution is 2.25. The second-order valence-corrected chi connectivity index (χ2v) is 5.67. The van der Waals surface area contributed by atoms with Gasteiger partial charge in [-0.1, -0.05) is 12.1 Å². The number of hydrogen-bond donors (Lipinski definition) is 1. The first kappa shape index (κ1) is 13.2. The van der Waals surface area contributed by atoms with E-state index in [0.717, 1.165) is 30.8 Å². The summed E-state index contributed by atoms with van der Waals surface area (Å²) in [6.45, 7) is 1.63. The predicted molar refractivity (Wildman–Crippen MR) is 81.2 cm³/mol. The molecule has 0 radical (unpaired) electrons. The fourth-order valence-electron chi connectivity index (χ4n) is 2.98. The quantitative estimate of drug-likeness (QED) is 0.745. The lowest BCUT2D eigenvalue weighted by atomic mass is 10.1. The first-order valence-electron chi connectivity index (χ1n) is 7.20. The van der Waals surface area contributed by atoms with Crippen LogP contribution in [0.1, 0.15) is 11.3 Å². The molecule has 0 spiro atoms. The van der Waals surface area contributed by atoms with E-state index in [-0.39, 0.29) is 11.5 Å². The Balaban J connectivity index is 1.98. The molecule has 3 aromatic rings. The van der Waals surface area contributed by atoms with Crippen LogP contribution in [-0.4, -0.2) is 32.9 Å². The van der Waals surface area contributed by atoms with Gasteiger partial charge >= 0.3 is 5.69 Å². The first-order valence-corrected chi connectivity index (χ1v) is 7.20. The summed E-state index contributed by atoms with van der Waals surface area (Å²) < 4.78 is 15.4. The van der Waals surface area contributed by atoms with Gasteiger partial charge in [-0.2, -0.15) is 0 Å². The third-order valence-electron chi connectivity index (χ3n) is 4.14. The highest BCUT2D eigenvalue weighted by molar-refractivity contribution is 5.65. The number of imidazole rings is 1. The second kappa shape index (κ2) is 4.78. The van der Waals surface area contributed by atoms with E-state index in [1.165, 1.54) is 10.5 Å². The predicted octanol–water partition coefficient (Wildman–Crippen LogP) is 1.82. The van der Waals surface area contributed by atoms with E-state index in [1.807, 2.05) is 7.05 Å². The summed E-state index contributed by atoms with van der Waals surface area (Å²) in [6.07, 6.45) is 2.39. The Labute approximate surface area is 126 Å². The normalized spacial score (nSPS) is 15.2. The Hall–Kier alpha value is -2.47. The zero-order valence-corrected chi connectivity index (χ0v) is 12.1. The van der Waals surface area contributed by atoms with Crippen molar-refractivity contribution in [3.8, 4) is 11.3 Å². The third kappa shape index (κ3) is 1.95. The number of rotatable bonds is 1. The van der Waals surface area contributed by atoms with Gasteiger partial charge in [0.25, 0.3) is 0 Å². The maximum Gasteiger partial charge on any atom is 0.331 e. The summed E-state index contributed by atoms with van der Waals surface area (Å²) >= 11 is 0. The summed E-state index contributed by atoms with van der Waals surface area (Å²) in [7, 11) is 2.03. The standard InChI is InChI=1S/C16H15FN4O/c1-20-7-6-13-11(8-20)15-18-14(9-21(15)16(22)19-13)10-4-2-3-5-12(10)17/h2-5,9H,6-8H2,1H3,(H,19,22). The van der Waals surface area contributed by atoms with Crippen molar-refractivity contribution in [3.63, 3.8) is 0 Å². The Morgan fingerprint density at radius 3 is 2.95 bits per heavy atom. The van der Waals surface area contributed by atoms with Crippen molar-refractivity contribution in [2.75, 3.05) is 13.6 Å². The van der Waals surface area contributed by atoms with Gasteiger partial charge in [0.15, 0.2) is 0 Å². The fourth-order valence-corrected chi connectivity index (χ4v) is 2.98. The second-order valence-electron chi connectivity index (χ2n) is 5.67. The Kier molecular flexibility index (Phi) is 2.87. The van der Waals surface area contributed by atoms with Gasteiger partial charge in [-0.15, -0.1) is 0 Å². The van der Waals surface area contributed by atoms with Gasteiger partial charge in [0.05, 0.1) is 5.69 Å². The minimum Gasteiger partial charge on any atom is -0.310 e. The van der Waals surface area contributed by atoms with Gasteiger partial charge in [-0.05, 0) is 19.2 Å². The molecule has 1 aromatic carbocycles. The highest BCUT2D eigenvalue weighted by atomic mass is 19.1. The third-order valence-corrected chi connectivity index (χ3v) is 4.14. The van der Waals surface area contributed by atoms with Crippen LogP contribution in [0.4, 0.5) is 4.39 Å². The molecule has 0 aliphatic carbocycles. The van der Waals surface area contributed by atoms with E-state index in [4.69, 9.17) is 0 Å². The van der Waals surface area contributed by atoms with Crippen molar-refractivity contribution >= 4 is 5.65 Å². The molecule has 0 saturated heterocycles. The maximum atomic E-state index is 14.0. The molecule has 4 rings (SSSR count). The number of nitrogens with one attached hydrogen (secondary N) is 1. The summed E-state index contributed by atoms with van der Waals surface area (Å²) in [4.78, 5) is 21.8. The number of H-pyrrole nitrogens is 1. The molecule has 5 nitrogen and oxygen atoms in total. The number of likely N-dealkylation sites (N-methyl/N-ethyl adjacent to an activating group) is 1. The average molecular weight is 298 g/mol. The van der Waals surface area contributed by atoms with Gasteiger partial charge in [0.2, 0.25) is 0 Å². The van der Waals surface area contributed by atoms with Gasteiger partial charge in [-0.25, -0.2) is 14.2 Å². The topological polar surface area (TPSA) is 53.4 Å². The number of halogens is 1. The lowest BCUT2D eigenvalue weighted by Crippen LogP contribution is -2.31. The van der Waals surface area contributed by atoms with Crippen LogP contribution in [-0.2, 0) is 13.0 Å². The molecule has 0 unspecified atom stereocenters. The van der Waals surface area contributed by atoms with Crippen molar-refractivity contribution in [1.29, 1.82) is 0 Å². The lowest BCUT2D eigenvalue weighted by Gasteiger charge is -2.24. The van der Waals surface area contributed by atoms with E-state index < -0.39 is 0 Å². The van der Waals surface area contributed by atoms with Crippen molar-refractivity contribution in [3.05, 3.63) is 58.0 Å². The Morgan fingerprint density at radius 2 is 2.14 bits per heavy atom. The highest BCUT2D eigenvalue weighted by Gasteiger charge is 2.20. The molecule has 6 heteroatoms. The minimum absolute atomic E-state index is 0.228. The largest absolute Gasteiger partial charge is 0.331 e. The van der Waals surface area contributed by atoms with Gasteiger partial charge < -0.3 is 9.88 Å². The molecule has 0 saturated carbocycles. The molecule has 22 heavy (non-hydrogen) atoms. The zero-order valence-electron chi connectivity index (χ0n) is 12.1. The van der Waals surface area contributed by atoms with Gasteiger partial charge in [0.1, 0.15) is 11.5 Å². The molecule has 0 amide bonds. The van der Waals surface area contributed by atoms with E-state index in [0.29, 0.717) is 16.9 Å².